The number of fused-ring (bicyclic) bond motifs is 1. The molecule has 0 spiro atoms. The Balaban J connectivity index is 1.90. The molecule has 3 aliphatic rings. The average Bonchev–Trinajstić information content (AvgIpc) is 2.76. The van der Waals surface area contributed by atoms with Gasteiger partial charge in [0.1, 0.15) is 5.60 Å². The van der Waals surface area contributed by atoms with Gasteiger partial charge in [-0.25, -0.2) is 9.59 Å². The lowest BCUT2D eigenvalue weighted by molar-refractivity contribution is -0.144. The molecule has 1 aliphatic carbocycles. The molecule has 2 aliphatic heterocycles. The third-order valence-corrected chi connectivity index (χ3v) is 8.15. The van der Waals surface area contributed by atoms with E-state index in [0.29, 0.717) is 0 Å². The lowest BCUT2D eigenvalue weighted by atomic mass is 9.69. The first-order valence-electron chi connectivity index (χ1n) is 10.8. The third-order valence-electron chi connectivity index (χ3n) is 5.88. The van der Waals surface area contributed by atoms with E-state index >= 15 is 0 Å². The molecule has 0 saturated carbocycles. The smallest absolute Gasteiger partial charge is 0.465 e. The molecule has 33 heavy (non-hydrogen) atoms. The molecule has 2 atom stereocenters. The molecule has 0 amide bonds. The third kappa shape index (κ3) is 3.66. The van der Waals surface area contributed by atoms with Crippen LogP contribution in [0.2, 0.25) is 0 Å². The Hall–Kier alpha value is -3.00. The number of benzene rings is 2. The molecule has 2 aromatic carbocycles. The van der Waals surface area contributed by atoms with Crippen LogP contribution in [0.3, 0.4) is 0 Å². The fourth-order valence-electron chi connectivity index (χ4n) is 4.71. The van der Waals surface area contributed by atoms with Crippen LogP contribution in [0.5, 0.6) is 0 Å². The predicted molar refractivity (Wildman–Crippen MR) is 125 cm³/mol. The quantitative estimate of drug-likeness (QED) is 0.281. The van der Waals surface area contributed by atoms with Gasteiger partial charge >= 0.3 is 12.1 Å². The van der Waals surface area contributed by atoms with Gasteiger partial charge in [-0.3, -0.25) is 9.05 Å². The summed E-state index contributed by atoms with van der Waals surface area (Å²) in [6.45, 7) is 8.46. The molecule has 2 aromatic rings. The molecule has 0 saturated heterocycles. The van der Waals surface area contributed by atoms with Crippen molar-refractivity contribution >= 4 is 28.6 Å². The summed E-state index contributed by atoms with van der Waals surface area (Å²) in [6, 6.07) is 15.4. The molecule has 174 valence electrons. The largest absolute Gasteiger partial charge is 0.535 e. The van der Waals surface area contributed by atoms with Gasteiger partial charge in [-0.15, -0.1) is 0 Å². The summed E-state index contributed by atoms with van der Waals surface area (Å²) in [5.74, 6) is -1.27. The summed E-state index contributed by atoms with van der Waals surface area (Å²) < 4.78 is 23.2. The lowest BCUT2D eigenvalue weighted by Crippen LogP contribution is -2.61. The van der Waals surface area contributed by atoms with E-state index in [9.17, 15) is 13.8 Å². The van der Waals surface area contributed by atoms with E-state index in [1.165, 1.54) is 0 Å². The van der Waals surface area contributed by atoms with Gasteiger partial charge in [0.05, 0.1) is 28.4 Å². The number of nitrogens with zero attached hydrogens (tertiary/aromatic N) is 1. The second-order valence-electron chi connectivity index (χ2n) is 9.06. The summed E-state index contributed by atoms with van der Waals surface area (Å²) >= 11 is 0. The molecule has 2 bridgehead atoms. The first-order chi connectivity index (χ1) is 15.6. The number of oxime groups is 1. The Labute approximate surface area is 195 Å². The first kappa shape index (κ1) is 23.2. The van der Waals surface area contributed by atoms with Crippen LogP contribution >= 0.6 is 0 Å². The average molecular weight is 470 g/mol. The van der Waals surface area contributed by atoms with Crippen LogP contribution in [0.4, 0.5) is 4.79 Å². The molecule has 8 heteroatoms. The van der Waals surface area contributed by atoms with Crippen LogP contribution in [0.15, 0.2) is 53.7 Å². The minimum Gasteiger partial charge on any atom is -0.465 e. The molecule has 7 nitrogen and oxygen atoms in total. The van der Waals surface area contributed by atoms with Gasteiger partial charge in [-0.05, 0) is 56.9 Å². The molecule has 0 aromatic heterocycles. The van der Waals surface area contributed by atoms with Gasteiger partial charge in [0, 0.05) is 5.92 Å². The number of rotatable bonds is 4. The summed E-state index contributed by atoms with van der Waals surface area (Å²) in [5.41, 5.74) is 2.94. The van der Waals surface area contributed by atoms with E-state index in [2.05, 4.69) is 5.16 Å². The molecule has 0 radical (unpaired) electrons. The fourth-order valence-corrected chi connectivity index (χ4v) is 7.01. The minimum absolute atomic E-state index is 0.101. The van der Waals surface area contributed by atoms with E-state index in [-0.39, 0.29) is 12.3 Å². The van der Waals surface area contributed by atoms with Crippen molar-refractivity contribution in [1.82, 2.24) is 0 Å². The van der Waals surface area contributed by atoms with E-state index in [1.54, 1.807) is 34.6 Å². The van der Waals surface area contributed by atoms with Gasteiger partial charge in [0.15, 0.2) is 4.75 Å². The maximum absolute atomic E-state index is 14.2. The Kier molecular flexibility index (Phi) is 5.90. The van der Waals surface area contributed by atoms with Crippen LogP contribution in [-0.4, -0.2) is 39.0 Å². The monoisotopic (exact) mass is 469 g/mol. The Morgan fingerprint density at radius 3 is 2.00 bits per heavy atom. The van der Waals surface area contributed by atoms with Crippen molar-refractivity contribution in [3.8, 4) is 0 Å². The highest BCUT2D eigenvalue weighted by molar-refractivity contribution is 7.89. The van der Waals surface area contributed by atoms with Gasteiger partial charge in [-0.1, -0.05) is 53.7 Å². The zero-order valence-corrected chi connectivity index (χ0v) is 20.1. The van der Waals surface area contributed by atoms with Gasteiger partial charge in [0.25, 0.3) is 0 Å². The van der Waals surface area contributed by atoms with Crippen LogP contribution in [0, 0.1) is 0 Å². The van der Waals surface area contributed by atoms with Crippen molar-refractivity contribution in [2.75, 3.05) is 6.61 Å². The maximum Gasteiger partial charge on any atom is 0.535 e. The predicted octanol–water partition coefficient (Wildman–Crippen LogP) is 4.61. The SMILES string of the molecule is CCOC(=O)C1(/C(C)=N/OC(=O)OC(C)(C)C)C2c3ccccc3C(c3ccccc32)S1=O. The highest BCUT2D eigenvalue weighted by Crippen LogP contribution is 2.59. The van der Waals surface area contributed by atoms with Crippen molar-refractivity contribution < 1.29 is 28.1 Å². The molecule has 2 unspecified atom stereocenters. The van der Waals surface area contributed by atoms with Gasteiger partial charge in [0.2, 0.25) is 0 Å². The normalized spacial score (nSPS) is 25.6. The van der Waals surface area contributed by atoms with E-state index in [0.717, 1.165) is 22.3 Å². The van der Waals surface area contributed by atoms with Crippen LogP contribution < -0.4 is 0 Å². The van der Waals surface area contributed by atoms with Crippen molar-refractivity contribution in [3.05, 3.63) is 70.8 Å². The molecule has 2 heterocycles. The van der Waals surface area contributed by atoms with Crippen molar-refractivity contribution in [2.45, 2.75) is 56.1 Å². The topological polar surface area (TPSA) is 91.3 Å². The molecular weight excluding hydrogens is 442 g/mol. The standard InChI is InChI=1S/C25H27NO6S/c1-6-30-22(27)25(15(2)26-32-23(28)31-24(3,4)5)20-16-11-7-9-13-18(16)21(33(25)29)19-14-10-8-12-17(19)20/h7-14,20-21H,6H2,1-5H3/b26-15+. The number of esters is 1. The molecular formula is C25H27NO6S. The zero-order chi connectivity index (χ0) is 24.0. The summed E-state index contributed by atoms with van der Waals surface area (Å²) in [5, 5.41) is 3.43. The van der Waals surface area contributed by atoms with Crippen molar-refractivity contribution in [1.29, 1.82) is 0 Å². The van der Waals surface area contributed by atoms with Crippen LogP contribution in [0.1, 0.15) is 68.0 Å². The minimum atomic E-state index is -1.78. The van der Waals surface area contributed by atoms with Gasteiger partial charge < -0.3 is 9.47 Å². The Morgan fingerprint density at radius 1 is 1.00 bits per heavy atom. The number of hydrogen-bond donors (Lipinski definition) is 0. The zero-order valence-electron chi connectivity index (χ0n) is 19.3. The maximum atomic E-state index is 14.2. The van der Waals surface area contributed by atoms with Crippen LogP contribution in [-0.2, 0) is 29.9 Å². The summed E-state index contributed by atoms with van der Waals surface area (Å²) in [7, 11) is -1.78. The highest BCUT2D eigenvalue weighted by Gasteiger charge is 2.65. The number of hydrogen-bond acceptors (Lipinski definition) is 7. The Morgan fingerprint density at radius 2 is 1.52 bits per heavy atom. The lowest BCUT2D eigenvalue weighted by Gasteiger charge is -2.50. The van der Waals surface area contributed by atoms with Crippen LogP contribution in [0.25, 0.3) is 0 Å². The van der Waals surface area contributed by atoms with E-state index < -0.39 is 44.4 Å². The Bertz CT molecular complexity index is 1120. The summed E-state index contributed by atoms with van der Waals surface area (Å²) in [6.07, 6.45) is -1.01. The first-order valence-corrected chi connectivity index (χ1v) is 12.0. The number of carbonyl (C=O) groups is 2. The highest BCUT2D eigenvalue weighted by atomic mass is 32.2. The van der Waals surface area contributed by atoms with Gasteiger partial charge in [-0.2, -0.15) is 0 Å². The van der Waals surface area contributed by atoms with Crippen molar-refractivity contribution in [2.24, 2.45) is 5.16 Å². The molecule has 5 rings (SSSR count). The number of ether oxygens (including phenoxy) is 2. The molecule has 0 N–H and O–H groups in total. The molecule has 0 fully saturated rings. The van der Waals surface area contributed by atoms with Crippen molar-refractivity contribution in [3.63, 3.8) is 0 Å². The summed E-state index contributed by atoms with van der Waals surface area (Å²) in [4.78, 5) is 30.7. The van der Waals surface area contributed by atoms with E-state index in [1.807, 2.05) is 48.5 Å². The van der Waals surface area contributed by atoms with E-state index in [4.69, 9.17) is 14.3 Å². The second kappa shape index (κ2) is 8.41. The fraction of sp³-hybridized carbons (Fsp3) is 0.400. The number of carbonyl (C=O) groups excluding carboxylic acids is 2. The second-order valence-corrected chi connectivity index (χ2v) is 10.8.